The molecule has 1 spiro atoms. The van der Waals surface area contributed by atoms with Crippen molar-refractivity contribution in [2.75, 3.05) is 0 Å². The number of hydrogen-bond donors (Lipinski definition) is 0. The van der Waals surface area contributed by atoms with Crippen molar-refractivity contribution in [3.8, 4) is 0 Å². The van der Waals surface area contributed by atoms with Crippen LogP contribution >= 0.6 is 11.6 Å². The average Bonchev–Trinajstić information content (AvgIpc) is 3.20. The van der Waals surface area contributed by atoms with Gasteiger partial charge in [0.2, 0.25) is 0 Å². The first-order chi connectivity index (χ1) is 12.8. The van der Waals surface area contributed by atoms with Crippen LogP contribution in [0.15, 0.2) is 30.3 Å². The molecule has 1 saturated heterocycles. The minimum Gasteiger partial charge on any atom is -0.404 e. The molecule has 4 fully saturated rings. The summed E-state index contributed by atoms with van der Waals surface area (Å²) >= 11 is 6.81. The van der Waals surface area contributed by atoms with Crippen LogP contribution in [0.25, 0.3) is 0 Å². The van der Waals surface area contributed by atoms with Crippen LogP contribution in [-0.4, -0.2) is 24.1 Å². The minimum atomic E-state index is -0.302. The van der Waals surface area contributed by atoms with Crippen molar-refractivity contribution in [3.63, 3.8) is 0 Å². The Morgan fingerprint density at radius 3 is 2.59 bits per heavy atom. The predicted octanol–water partition coefficient (Wildman–Crippen LogP) is 5.52. The molecule has 1 aliphatic heterocycles. The summed E-state index contributed by atoms with van der Waals surface area (Å²) in [5.41, 5.74) is 1.81. The number of fused-ring (bicyclic) bond motifs is 3. The first-order valence-electron chi connectivity index (χ1n) is 10.8. The van der Waals surface area contributed by atoms with E-state index in [2.05, 4.69) is 52.0 Å². The second-order valence-corrected chi connectivity index (χ2v) is 11.1. The molecule has 4 aliphatic rings. The van der Waals surface area contributed by atoms with Gasteiger partial charge >= 0.3 is 7.12 Å². The molecule has 1 heterocycles. The van der Waals surface area contributed by atoms with Crippen molar-refractivity contribution in [1.82, 2.24) is 0 Å². The lowest BCUT2D eigenvalue weighted by Gasteiger charge is -2.48. The number of alkyl halides is 1. The minimum absolute atomic E-state index is 0.147. The normalized spacial score (nSPS) is 45.6. The van der Waals surface area contributed by atoms with E-state index in [0.717, 1.165) is 24.7 Å². The summed E-state index contributed by atoms with van der Waals surface area (Å²) in [6.07, 6.45) is 6.18. The van der Waals surface area contributed by atoms with Crippen LogP contribution in [0.1, 0.15) is 58.9 Å². The zero-order valence-corrected chi connectivity index (χ0v) is 17.8. The van der Waals surface area contributed by atoms with Crippen molar-refractivity contribution in [2.45, 2.75) is 76.8 Å². The first-order valence-corrected chi connectivity index (χ1v) is 11.2. The quantitative estimate of drug-likeness (QED) is 0.503. The molecule has 2 bridgehead atoms. The van der Waals surface area contributed by atoms with E-state index in [-0.39, 0.29) is 24.1 Å². The van der Waals surface area contributed by atoms with E-state index in [1.54, 1.807) is 0 Å². The number of benzene rings is 1. The summed E-state index contributed by atoms with van der Waals surface area (Å²) in [6, 6.07) is 10.4. The van der Waals surface area contributed by atoms with Gasteiger partial charge in [0, 0.05) is 0 Å². The topological polar surface area (TPSA) is 18.5 Å². The second-order valence-electron chi connectivity index (χ2n) is 10.5. The van der Waals surface area contributed by atoms with Gasteiger partial charge in [-0.2, -0.15) is 0 Å². The lowest BCUT2D eigenvalue weighted by atomic mass is 9.63. The van der Waals surface area contributed by atoms with Crippen LogP contribution in [-0.2, 0) is 15.7 Å². The standard InChI is InChI=1S/C23H32BClO2/c1-15-10-11-17-21(2,3)18-13-23(15,17)14-19-22(18,4)27-24(26-19)20(25)12-16-8-6-5-7-9-16/h5-9,15,17-20H,10-14H2,1-4H3/t15-,17+,18-,19+,20+,22-,23-/m1/s1. The highest BCUT2D eigenvalue weighted by Gasteiger charge is 2.73. The summed E-state index contributed by atoms with van der Waals surface area (Å²) in [5.74, 6) is 2.17. The van der Waals surface area contributed by atoms with Crippen molar-refractivity contribution in [2.24, 2.45) is 28.6 Å². The summed E-state index contributed by atoms with van der Waals surface area (Å²) in [5, 5.41) is -0.147. The van der Waals surface area contributed by atoms with Gasteiger partial charge in [-0.3, -0.25) is 0 Å². The average molecular weight is 387 g/mol. The van der Waals surface area contributed by atoms with Gasteiger partial charge < -0.3 is 9.31 Å². The zero-order valence-electron chi connectivity index (χ0n) is 17.1. The van der Waals surface area contributed by atoms with Crippen molar-refractivity contribution >= 4 is 18.7 Å². The van der Waals surface area contributed by atoms with E-state index >= 15 is 0 Å². The van der Waals surface area contributed by atoms with E-state index < -0.39 is 0 Å². The molecule has 0 radical (unpaired) electrons. The Bertz CT molecular complexity index is 724. The Morgan fingerprint density at radius 1 is 1.11 bits per heavy atom. The lowest BCUT2D eigenvalue weighted by Crippen LogP contribution is -2.52. The van der Waals surface area contributed by atoms with Crippen molar-refractivity contribution < 1.29 is 9.31 Å². The summed E-state index contributed by atoms with van der Waals surface area (Å²) in [6.45, 7) is 9.78. The van der Waals surface area contributed by atoms with E-state index in [9.17, 15) is 0 Å². The highest BCUT2D eigenvalue weighted by atomic mass is 35.5. The zero-order chi connectivity index (χ0) is 19.0. The third-order valence-electron chi connectivity index (χ3n) is 9.08. The summed E-state index contributed by atoms with van der Waals surface area (Å²) in [4.78, 5) is 0. The lowest BCUT2D eigenvalue weighted by molar-refractivity contribution is -0.0768. The molecule has 1 aromatic rings. The monoisotopic (exact) mass is 386 g/mol. The van der Waals surface area contributed by atoms with Crippen LogP contribution in [0, 0.1) is 28.6 Å². The molecular formula is C23H32BClO2. The Kier molecular flexibility index (Phi) is 4.11. The van der Waals surface area contributed by atoms with Crippen LogP contribution in [0.4, 0.5) is 0 Å². The summed E-state index contributed by atoms with van der Waals surface area (Å²) in [7, 11) is -0.302. The molecule has 0 aromatic heterocycles. The Balaban J connectivity index is 1.41. The molecule has 0 unspecified atom stereocenters. The van der Waals surface area contributed by atoms with Crippen LogP contribution in [0.3, 0.4) is 0 Å². The van der Waals surface area contributed by atoms with Crippen molar-refractivity contribution in [1.29, 1.82) is 0 Å². The first kappa shape index (κ1) is 18.5. The number of hydrogen-bond acceptors (Lipinski definition) is 2. The maximum Gasteiger partial charge on any atom is 0.477 e. The number of rotatable bonds is 3. The fraction of sp³-hybridized carbons (Fsp3) is 0.739. The van der Waals surface area contributed by atoms with Gasteiger partial charge in [0.25, 0.3) is 0 Å². The van der Waals surface area contributed by atoms with E-state index in [1.807, 2.05) is 6.07 Å². The number of halogens is 1. The van der Waals surface area contributed by atoms with Gasteiger partial charge in [0.05, 0.1) is 17.0 Å². The smallest absolute Gasteiger partial charge is 0.404 e. The third-order valence-corrected chi connectivity index (χ3v) is 9.44. The molecule has 2 nitrogen and oxygen atoms in total. The van der Waals surface area contributed by atoms with Crippen molar-refractivity contribution in [3.05, 3.63) is 35.9 Å². The Labute approximate surface area is 169 Å². The van der Waals surface area contributed by atoms with Gasteiger partial charge in [0.15, 0.2) is 0 Å². The Morgan fingerprint density at radius 2 is 1.85 bits per heavy atom. The third kappa shape index (κ3) is 2.47. The SMILES string of the molecule is C[C@@H]1CC[C@H]2C(C)(C)[C@H]3C[C@@]12C[C@@H]1OB([C@@H](Cl)Cc2ccccc2)O[C@@]13C. The van der Waals surface area contributed by atoms with Gasteiger partial charge in [0.1, 0.15) is 0 Å². The fourth-order valence-corrected chi connectivity index (χ4v) is 7.98. The molecule has 5 rings (SSSR count). The van der Waals surface area contributed by atoms with Gasteiger partial charge in [-0.1, -0.05) is 51.1 Å². The van der Waals surface area contributed by atoms with Gasteiger partial charge in [-0.25, -0.2) is 0 Å². The maximum atomic E-state index is 6.81. The van der Waals surface area contributed by atoms with Crippen LogP contribution < -0.4 is 0 Å². The molecule has 0 N–H and O–H groups in total. The molecule has 27 heavy (non-hydrogen) atoms. The molecule has 3 aliphatic carbocycles. The van der Waals surface area contributed by atoms with E-state index in [1.165, 1.54) is 24.8 Å². The molecule has 3 saturated carbocycles. The van der Waals surface area contributed by atoms with Crippen LogP contribution in [0.5, 0.6) is 0 Å². The van der Waals surface area contributed by atoms with Crippen LogP contribution in [0.2, 0.25) is 0 Å². The molecule has 1 aromatic carbocycles. The largest absolute Gasteiger partial charge is 0.477 e. The second kappa shape index (κ2) is 6.00. The van der Waals surface area contributed by atoms with E-state index in [4.69, 9.17) is 20.9 Å². The molecule has 7 atom stereocenters. The predicted molar refractivity (Wildman–Crippen MR) is 111 cm³/mol. The molecule has 4 heteroatoms. The molecular weight excluding hydrogens is 355 g/mol. The Hall–Kier alpha value is -0.505. The van der Waals surface area contributed by atoms with Gasteiger partial charge in [-0.05, 0) is 73.2 Å². The fourth-order valence-electron chi connectivity index (χ4n) is 7.69. The maximum absolute atomic E-state index is 6.81. The highest BCUT2D eigenvalue weighted by molar-refractivity contribution is 6.60. The summed E-state index contributed by atoms with van der Waals surface area (Å²) < 4.78 is 13.3. The molecule has 0 amide bonds. The highest BCUT2D eigenvalue weighted by Crippen LogP contribution is 2.74. The van der Waals surface area contributed by atoms with Gasteiger partial charge in [-0.15, -0.1) is 11.6 Å². The van der Waals surface area contributed by atoms with E-state index in [0.29, 0.717) is 16.7 Å². The molecule has 146 valence electrons.